The van der Waals surface area contributed by atoms with Crippen LogP contribution in [0.1, 0.15) is 30.5 Å². The normalized spacial score (nSPS) is 25.3. The molecule has 2 atom stereocenters. The molecule has 1 fully saturated rings. The van der Waals surface area contributed by atoms with Gasteiger partial charge in [0, 0.05) is 43.1 Å². The summed E-state index contributed by atoms with van der Waals surface area (Å²) in [6, 6.07) is 15.9. The molecular weight excluding hydrogens is 366 g/mol. The summed E-state index contributed by atoms with van der Waals surface area (Å²) in [5.41, 5.74) is 4.43. The maximum Gasteiger partial charge on any atom is 0.136 e. The second-order valence-corrected chi connectivity index (χ2v) is 9.08. The van der Waals surface area contributed by atoms with Crippen molar-refractivity contribution >= 4 is 17.4 Å². The minimum Gasteiger partial charge on any atom is -0.493 e. The van der Waals surface area contributed by atoms with Crippen LogP contribution in [0.3, 0.4) is 0 Å². The van der Waals surface area contributed by atoms with E-state index in [1.807, 2.05) is 11.8 Å². The number of piperazine rings is 1. The summed E-state index contributed by atoms with van der Waals surface area (Å²) in [5.74, 6) is 1.06. The first kappa shape index (κ1) is 18.3. The smallest absolute Gasteiger partial charge is 0.136 e. The number of aryl methyl sites for hydroxylation is 1. The highest BCUT2D eigenvalue weighted by molar-refractivity contribution is 8.00. The van der Waals surface area contributed by atoms with Crippen molar-refractivity contribution in [1.29, 1.82) is 0 Å². The van der Waals surface area contributed by atoms with E-state index in [-0.39, 0.29) is 0 Å². The van der Waals surface area contributed by atoms with Crippen LogP contribution in [0.4, 0.5) is 5.69 Å². The Bertz CT molecular complexity index is 849. The Morgan fingerprint density at radius 1 is 1.07 bits per heavy atom. The first-order valence-corrected chi connectivity index (χ1v) is 11.4. The van der Waals surface area contributed by atoms with Gasteiger partial charge in [-0.3, -0.25) is 4.90 Å². The zero-order chi connectivity index (χ0) is 19.1. The van der Waals surface area contributed by atoms with Crippen molar-refractivity contribution in [3.63, 3.8) is 0 Å². The number of rotatable bonds is 3. The van der Waals surface area contributed by atoms with Crippen LogP contribution in [0.25, 0.3) is 0 Å². The van der Waals surface area contributed by atoms with Crippen LogP contribution >= 0.6 is 11.8 Å². The monoisotopic (exact) mass is 395 g/mol. The Labute approximate surface area is 172 Å². The van der Waals surface area contributed by atoms with Gasteiger partial charge in [0.15, 0.2) is 0 Å². The van der Waals surface area contributed by atoms with Crippen molar-refractivity contribution in [3.05, 3.63) is 53.6 Å². The van der Waals surface area contributed by atoms with Crippen LogP contribution in [-0.4, -0.2) is 54.6 Å². The van der Waals surface area contributed by atoms with Gasteiger partial charge in [0.25, 0.3) is 0 Å². The van der Waals surface area contributed by atoms with Crippen molar-refractivity contribution in [1.82, 2.24) is 9.80 Å². The standard InChI is InChI=1S/C23H29N3OS/c1-3-24-11-13-25(14-12-24)23-26(20-16-17(2)8-9-22(20)28-23)19-10-15-27-21-7-5-4-6-18(19)21/h4-9,16,19,23H,3,10-15H2,1-2H3/t19?,23-/m0/s1. The molecule has 2 aromatic rings. The Morgan fingerprint density at radius 3 is 2.71 bits per heavy atom. The van der Waals surface area contributed by atoms with Gasteiger partial charge in [0.1, 0.15) is 11.2 Å². The minimum absolute atomic E-state index is 0.368. The SMILES string of the molecule is CCN1CCN([C@@H]2Sc3ccc(C)cc3N2C2CCOc3ccccc32)CC1. The summed E-state index contributed by atoms with van der Waals surface area (Å²) < 4.78 is 5.98. The van der Waals surface area contributed by atoms with E-state index in [1.54, 1.807) is 0 Å². The maximum absolute atomic E-state index is 5.98. The summed E-state index contributed by atoms with van der Waals surface area (Å²) in [7, 11) is 0. The average Bonchev–Trinajstić information content (AvgIpc) is 3.11. The quantitative estimate of drug-likeness (QED) is 0.767. The molecule has 3 heterocycles. The van der Waals surface area contributed by atoms with Crippen molar-refractivity contribution in [2.24, 2.45) is 0 Å². The number of ether oxygens (including phenoxy) is 1. The molecule has 0 spiro atoms. The number of para-hydroxylation sites is 1. The van der Waals surface area contributed by atoms with Gasteiger partial charge in [-0.25, -0.2) is 0 Å². The molecule has 0 amide bonds. The highest BCUT2D eigenvalue weighted by Crippen LogP contribution is 2.51. The molecule has 3 aliphatic rings. The van der Waals surface area contributed by atoms with E-state index in [9.17, 15) is 0 Å². The summed E-state index contributed by atoms with van der Waals surface area (Å²) in [4.78, 5) is 9.35. The third-order valence-corrected chi connectivity index (χ3v) is 7.63. The Morgan fingerprint density at radius 2 is 1.89 bits per heavy atom. The number of anilines is 1. The fourth-order valence-corrected chi connectivity index (χ4v) is 6.10. The first-order chi connectivity index (χ1) is 13.7. The van der Waals surface area contributed by atoms with Gasteiger partial charge in [-0.1, -0.05) is 43.0 Å². The number of likely N-dealkylation sites (N-methyl/N-ethyl adjacent to an activating group) is 1. The number of hydrogen-bond donors (Lipinski definition) is 0. The van der Waals surface area contributed by atoms with Crippen LogP contribution in [0.5, 0.6) is 5.75 Å². The van der Waals surface area contributed by atoms with Gasteiger partial charge in [-0.15, -0.1) is 0 Å². The summed E-state index contributed by atoms with van der Waals surface area (Å²) in [6.45, 7) is 11.0. The van der Waals surface area contributed by atoms with Crippen LogP contribution in [0, 0.1) is 6.92 Å². The van der Waals surface area contributed by atoms with E-state index in [4.69, 9.17) is 4.74 Å². The molecule has 2 aromatic carbocycles. The number of benzene rings is 2. The topological polar surface area (TPSA) is 19.0 Å². The van der Waals surface area contributed by atoms with E-state index in [0.29, 0.717) is 11.5 Å². The number of fused-ring (bicyclic) bond motifs is 2. The van der Waals surface area contributed by atoms with Crippen LogP contribution in [-0.2, 0) is 0 Å². The Hall–Kier alpha value is -1.69. The molecule has 5 heteroatoms. The molecule has 0 bridgehead atoms. The fraction of sp³-hybridized carbons (Fsp3) is 0.478. The molecular formula is C23H29N3OS. The van der Waals surface area contributed by atoms with Gasteiger partial charge < -0.3 is 14.5 Å². The number of nitrogens with zero attached hydrogens (tertiary/aromatic N) is 3. The molecule has 148 valence electrons. The molecule has 0 radical (unpaired) electrons. The van der Waals surface area contributed by atoms with Gasteiger partial charge >= 0.3 is 0 Å². The molecule has 0 aromatic heterocycles. The maximum atomic E-state index is 5.98. The molecule has 3 aliphatic heterocycles. The molecule has 0 N–H and O–H groups in total. The molecule has 1 unspecified atom stereocenters. The minimum atomic E-state index is 0.368. The Balaban J connectivity index is 1.52. The molecule has 4 nitrogen and oxygen atoms in total. The Kier molecular flexibility index (Phi) is 4.99. The number of hydrogen-bond acceptors (Lipinski definition) is 5. The van der Waals surface area contributed by atoms with E-state index in [0.717, 1.165) is 38.4 Å². The largest absolute Gasteiger partial charge is 0.493 e. The van der Waals surface area contributed by atoms with Crippen molar-refractivity contribution < 1.29 is 4.74 Å². The highest BCUT2D eigenvalue weighted by Gasteiger charge is 2.41. The predicted molar refractivity (Wildman–Crippen MR) is 116 cm³/mol. The van der Waals surface area contributed by atoms with Crippen LogP contribution in [0.15, 0.2) is 47.4 Å². The molecule has 28 heavy (non-hydrogen) atoms. The lowest BCUT2D eigenvalue weighted by Crippen LogP contribution is -2.54. The highest BCUT2D eigenvalue weighted by atomic mass is 32.2. The molecule has 5 rings (SSSR count). The first-order valence-electron chi connectivity index (χ1n) is 10.5. The van der Waals surface area contributed by atoms with Gasteiger partial charge in [-0.05, 0) is 37.2 Å². The fourth-order valence-electron chi connectivity index (χ4n) is 4.70. The van der Waals surface area contributed by atoms with Gasteiger partial charge in [0.05, 0.1) is 18.3 Å². The lowest BCUT2D eigenvalue weighted by atomic mass is 9.98. The van der Waals surface area contributed by atoms with E-state index in [2.05, 4.69) is 71.0 Å². The van der Waals surface area contributed by atoms with E-state index >= 15 is 0 Å². The molecule has 1 saturated heterocycles. The third-order valence-electron chi connectivity index (χ3n) is 6.29. The zero-order valence-corrected chi connectivity index (χ0v) is 17.6. The van der Waals surface area contributed by atoms with Crippen molar-refractivity contribution in [3.8, 4) is 5.75 Å². The molecule has 0 saturated carbocycles. The second-order valence-electron chi connectivity index (χ2n) is 7.98. The predicted octanol–water partition coefficient (Wildman–Crippen LogP) is 4.35. The van der Waals surface area contributed by atoms with Crippen LogP contribution < -0.4 is 9.64 Å². The lowest BCUT2D eigenvalue weighted by molar-refractivity contribution is 0.122. The van der Waals surface area contributed by atoms with Gasteiger partial charge in [-0.2, -0.15) is 0 Å². The average molecular weight is 396 g/mol. The summed E-state index contributed by atoms with van der Waals surface area (Å²) in [5, 5.41) is 0. The molecule has 0 aliphatic carbocycles. The van der Waals surface area contributed by atoms with E-state index < -0.39 is 0 Å². The second kappa shape index (κ2) is 7.62. The summed E-state index contributed by atoms with van der Waals surface area (Å²) in [6.07, 6.45) is 1.04. The van der Waals surface area contributed by atoms with Gasteiger partial charge in [0.2, 0.25) is 0 Å². The van der Waals surface area contributed by atoms with Crippen molar-refractivity contribution in [2.75, 3.05) is 44.2 Å². The summed E-state index contributed by atoms with van der Waals surface area (Å²) >= 11 is 2.03. The van der Waals surface area contributed by atoms with E-state index in [1.165, 1.54) is 34.8 Å². The van der Waals surface area contributed by atoms with Crippen LogP contribution in [0.2, 0.25) is 0 Å². The van der Waals surface area contributed by atoms with Crippen molar-refractivity contribution in [2.45, 2.75) is 36.7 Å². The lowest BCUT2D eigenvalue weighted by Gasteiger charge is -2.44. The zero-order valence-electron chi connectivity index (χ0n) is 16.8. The third kappa shape index (κ3) is 3.19. The number of thioether (sulfide) groups is 1.